The summed E-state index contributed by atoms with van der Waals surface area (Å²) < 4.78 is 8.07. The molecule has 1 aromatic heterocycles. The Morgan fingerprint density at radius 1 is 1.13 bits per heavy atom. The molecule has 8 heteroatoms. The molecule has 1 aromatic carbocycles. The molecule has 0 spiro atoms. The Bertz CT molecular complexity index is 857. The number of amides is 2. The van der Waals surface area contributed by atoms with E-state index in [2.05, 4.69) is 44.1 Å². The van der Waals surface area contributed by atoms with E-state index in [1.54, 1.807) is 0 Å². The molecule has 30 heavy (non-hydrogen) atoms. The lowest BCUT2D eigenvalue weighted by molar-refractivity contribution is -0.00517. The van der Waals surface area contributed by atoms with E-state index in [-0.39, 0.29) is 18.2 Å². The molecule has 0 radical (unpaired) electrons. The van der Waals surface area contributed by atoms with Gasteiger partial charge in [-0.05, 0) is 38.8 Å². The maximum Gasteiger partial charge on any atom is 0.319 e. The first-order valence-electron chi connectivity index (χ1n) is 11.1. The van der Waals surface area contributed by atoms with Crippen molar-refractivity contribution in [3.63, 3.8) is 0 Å². The van der Waals surface area contributed by atoms with Gasteiger partial charge < -0.3 is 24.8 Å². The summed E-state index contributed by atoms with van der Waals surface area (Å²) in [5.41, 5.74) is 1.84. The Hall–Kier alpha value is -2.61. The van der Waals surface area contributed by atoms with Crippen molar-refractivity contribution in [3.8, 4) is 0 Å². The number of fused-ring (bicyclic) bond motifs is 1. The van der Waals surface area contributed by atoms with Crippen molar-refractivity contribution in [2.45, 2.75) is 64.7 Å². The van der Waals surface area contributed by atoms with Crippen LogP contribution in [0.5, 0.6) is 0 Å². The highest BCUT2D eigenvalue weighted by Crippen LogP contribution is 2.28. The molecule has 2 aliphatic heterocycles. The van der Waals surface area contributed by atoms with Crippen LogP contribution in [-0.2, 0) is 24.1 Å². The van der Waals surface area contributed by atoms with Gasteiger partial charge in [0, 0.05) is 39.0 Å². The van der Waals surface area contributed by atoms with Gasteiger partial charge in [-0.1, -0.05) is 18.6 Å². The van der Waals surface area contributed by atoms with E-state index in [9.17, 15) is 4.79 Å². The van der Waals surface area contributed by atoms with Gasteiger partial charge in [0.15, 0.2) is 0 Å². The van der Waals surface area contributed by atoms with Crippen molar-refractivity contribution in [2.75, 3.05) is 29.9 Å². The van der Waals surface area contributed by atoms with Crippen molar-refractivity contribution in [3.05, 3.63) is 35.9 Å². The largest absolute Gasteiger partial charge is 0.372 e. The highest BCUT2D eigenvalue weighted by Gasteiger charge is 2.24. The van der Waals surface area contributed by atoms with Crippen LogP contribution < -0.4 is 15.5 Å². The van der Waals surface area contributed by atoms with Crippen LogP contribution in [0.25, 0.3) is 0 Å². The van der Waals surface area contributed by atoms with Crippen molar-refractivity contribution >= 4 is 17.4 Å². The standard InChI is InChI=1S/C22H32N6O2/c1-16-14-27(15-17(2)30-16)19-9-6-5-8-18(19)24-22(29)23-12-11-21-26-25-20-10-4-3-7-13-28(20)21/h5-6,8-9,16-17H,3-4,7,10-15H2,1-2H3,(H2,23,24,29). The Morgan fingerprint density at radius 3 is 2.77 bits per heavy atom. The monoisotopic (exact) mass is 412 g/mol. The lowest BCUT2D eigenvalue weighted by Gasteiger charge is -2.37. The van der Waals surface area contributed by atoms with E-state index in [4.69, 9.17) is 4.74 Å². The zero-order valence-corrected chi connectivity index (χ0v) is 17.9. The quantitative estimate of drug-likeness (QED) is 0.789. The number of hydrogen-bond donors (Lipinski definition) is 2. The van der Waals surface area contributed by atoms with Crippen LogP contribution in [0, 0.1) is 0 Å². The number of benzene rings is 1. The molecule has 8 nitrogen and oxygen atoms in total. The number of aromatic nitrogens is 3. The summed E-state index contributed by atoms with van der Waals surface area (Å²) in [6.45, 7) is 7.28. The summed E-state index contributed by atoms with van der Waals surface area (Å²) in [7, 11) is 0. The van der Waals surface area contributed by atoms with E-state index in [0.717, 1.165) is 49.1 Å². The molecule has 0 saturated carbocycles. The molecule has 2 amide bonds. The average molecular weight is 413 g/mol. The van der Waals surface area contributed by atoms with Crippen molar-refractivity contribution in [2.24, 2.45) is 0 Å². The molecule has 2 aliphatic rings. The number of morpholine rings is 1. The van der Waals surface area contributed by atoms with Crippen molar-refractivity contribution in [1.29, 1.82) is 0 Å². The highest BCUT2D eigenvalue weighted by atomic mass is 16.5. The van der Waals surface area contributed by atoms with E-state index >= 15 is 0 Å². The number of anilines is 2. The Kier molecular flexibility index (Phi) is 6.52. The second kappa shape index (κ2) is 9.47. The number of carbonyl (C=O) groups is 1. The van der Waals surface area contributed by atoms with Gasteiger partial charge in [-0.15, -0.1) is 10.2 Å². The molecular weight excluding hydrogens is 380 g/mol. The Morgan fingerprint density at radius 2 is 1.93 bits per heavy atom. The number of urea groups is 1. The highest BCUT2D eigenvalue weighted by molar-refractivity contribution is 5.93. The Balaban J connectivity index is 1.33. The van der Waals surface area contributed by atoms with Crippen LogP contribution >= 0.6 is 0 Å². The molecule has 2 atom stereocenters. The summed E-state index contributed by atoms with van der Waals surface area (Å²) in [5.74, 6) is 2.04. The third kappa shape index (κ3) is 4.92. The number of aryl methyl sites for hydroxylation is 1. The van der Waals surface area contributed by atoms with Crippen LogP contribution in [0.1, 0.15) is 44.8 Å². The Labute approximate surface area is 178 Å². The number of ether oxygens (including phenoxy) is 1. The molecule has 0 bridgehead atoms. The zero-order chi connectivity index (χ0) is 20.9. The van der Waals surface area contributed by atoms with Crippen molar-refractivity contribution < 1.29 is 9.53 Å². The summed E-state index contributed by atoms with van der Waals surface area (Å²) in [5, 5.41) is 14.6. The average Bonchev–Trinajstić information content (AvgIpc) is 2.94. The maximum absolute atomic E-state index is 12.5. The summed E-state index contributed by atoms with van der Waals surface area (Å²) in [6, 6.07) is 7.73. The molecule has 1 saturated heterocycles. The second-order valence-electron chi connectivity index (χ2n) is 8.31. The first-order valence-corrected chi connectivity index (χ1v) is 11.1. The van der Waals surface area contributed by atoms with E-state index in [1.165, 1.54) is 19.3 Å². The van der Waals surface area contributed by atoms with Crippen LogP contribution in [0.4, 0.5) is 16.2 Å². The fraction of sp³-hybridized carbons (Fsp3) is 0.591. The zero-order valence-electron chi connectivity index (χ0n) is 17.9. The first kappa shape index (κ1) is 20.7. The lowest BCUT2D eigenvalue weighted by atomic mass is 10.1. The molecule has 0 aliphatic carbocycles. The van der Waals surface area contributed by atoms with Gasteiger partial charge in [-0.25, -0.2) is 4.79 Å². The predicted molar refractivity (Wildman–Crippen MR) is 117 cm³/mol. The van der Waals surface area contributed by atoms with Gasteiger partial charge in [0.1, 0.15) is 11.6 Å². The number of para-hydroxylation sites is 2. The van der Waals surface area contributed by atoms with Crippen LogP contribution in [0.2, 0.25) is 0 Å². The summed E-state index contributed by atoms with van der Waals surface area (Å²) >= 11 is 0. The van der Waals surface area contributed by atoms with E-state index in [1.807, 2.05) is 24.3 Å². The third-order valence-electron chi connectivity index (χ3n) is 5.73. The van der Waals surface area contributed by atoms with Crippen LogP contribution in [0.15, 0.2) is 24.3 Å². The topological polar surface area (TPSA) is 84.3 Å². The number of hydrogen-bond acceptors (Lipinski definition) is 5. The molecule has 2 aromatic rings. The number of nitrogens with zero attached hydrogens (tertiary/aromatic N) is 4. The van der Waals surface area contributed by atoms with Crippen LogP contribution in [-0.4, -0.2) is 52.6 Å². The number of rotatable bonds is 5. The maximum atomic E-state index is 12.5. The SMILES string of the molecule is CC1CN(c2ccccc2NC(=O)NCCc2nnc3n2CCCCC3)CC(C)O1. The summed E-state index contributed by atoms with van der Waals surface area (Å²) in [6.07, 6.45) is 5.59. The van der Waals surface area contributed by atoms with E-state index < -0.39 is 0 Å². The van der Waals surface area contributed by atoms with Gasteiger partial charge in [0.05, 0.1) is 23.6 Å². The fourth-order valence-electron chi connectivity index (χ4n) is 4.41. The molecule has 162 valence electrons. The van der Waals surface area contributed by atoms with Gasteiger partial charge >= 0.3 is 6.03 Å². The van der Waals surface area contributed by atoms with Crippen LogP contribution in [0.3, 0.4) is 0 Å². The third-order valence-corrected chi connectivity index (χ3v) is 5.73. The fourth-order valence-corrected chi connectivity index (χ4v) is 4.41. The number of carbonyl (C=O) groups excluding carboxylic acids is 1. The van der Waals surface area contributed by atoms with Crippen molar-refractivity contribution in [1.82, 2.24) is 20.1 Å². The van der Waals surface area contributed by atoms with Gasteiger partial charge in [0.2, 0.25) is 0 Å². The molecule has 2 N–H and O–H groups in total. The van der Waals surface area contributed by atoms with E-state index in [0.29, 0.717) is 13.0 Å². The van der Waals surface area contributed by atoms with Gasteiger partial charge in [0.25, 0.3) is 0 Å². The molecule has 3 heterocycles. The predicted octanol–water partition coefficient (Wildman–Crippen LogP) is 2.98. The van der Waals surface area contributed by atoms with Gasteiger partial charge in [-0.3, -0.25) is 0 Å². The lowest BCUT2D eigenvalue weighted by Crippen LogP contribution is -2.45. The minimum Gasteiger partial charge on any atom is -0.372 e. The second-order valence-corrected chi connectivity index (χ2v) is 8.31. The minimum absolute atomic E-state index is 0.161. The number of nitrogens with one attached hydrogen (secondary N) is 2. The minimum atomic E-state index is -0.201. The first-order chi connectivity index (χ1) is 14.6. The molecule has 1 fully saturated rings. The molecule has 2 unspecified atom stereocenters. The summed E-state index contributed by atoms with van der Waals surface area (Å²) in [4.78, 5) is 14.8. The normalized spacial score (nSPS) is 21.6. The van der Waals surface area contributed by atoms with Gasteiger partial charge in [-0.2, -0.15) is 0 Å². The molecular formula is C22H32N6O2. The molecule has 4 rings (SSSR count). The smallest absolute Gasteiger partial charge is 0.319 e.